The van der Waals surface area contributed by atoms with Crippen LogP contribution in [0.25, 0.3) is 0 Å². The van der Waals surface area contributed by atoms with Crippen molar-refractivity contribution in [3.63, 3.8) is 0 Å². The lowest BCUT2D eigenvalue weighted by Crippen LogP contribution is -2.70. The monoisotopic (exact) mass is 1390 g/mol. The van der Waals surface area contributed by atoms with Crippen molar-refractivity contribution < 1.29 is 193 Å². The molecule has 95 heavy (non-hydrogen) atoms. The van der Waals surface area contributed by atoms with Gasteiger partial charge in [-0.1, -0.05) is 20.8 Å². The van der Waals surface area contributed by atoms with Crippen molar-refractivity contribution in [1.29, 1.82) is 0 Å². The summed E-state index contributed by atoms with van der Waals surface area (Å²) in [5.74, 6) is -8.12. The third kappa shape index (κ3) is 16.3. The molecule has 41 atom stereocenters. The molecule has 0 bridgehead atoms. The van der Waals surface area contributed by atoms with Gasteiger partial charge in [0.15, 0.2) is 37.7 Å². The lowest BCUT2D eigenvalue weighted by molar-refractivity contribution is -0.395. The minimum atomic E-state index is -3.11. The number of carboxylic acid groups (broad SMARTS) is 1. The van der Waals surface area contributed by atoms with Crippen molar-refractivity contribution in [2.75, 3.05) is 52.9 Å². The van der Waals surface area contributed by atoms with E-state index in [1.165, 1.54) is 13.8 Å². The first-order chi connectivity index (χ1) is 44.9. The Labute approximate surface area is 541 Å². The molecule has 0 saturated carbocycles. The standard InChI is InChI=1S/C55H95NO39/c1-14-17(4)82-23(10-61)41(28(14)66)89-48-15(2)29(67)42(24(11-62)86-48)90-51-39(77)45(92-50-38(76)36(74)32(70)20(7-58)83-50)35(73)26(88-51)13-81-53-47(37(75)33(71)21(8-59)85-53)93-49-16(3)30(68)43(25(12-63)87-49)91-52-40(78)46(34(72)22(9-60)84-52)95-55(54(79)80)5-18(64)27(56)44(94-55)31(69)19(65)6-57/h14-53,57-78H,5-13,56H2,1-4H3,(H,79,80)/t14-,15+,16?,17+,18-,19-,20-,21?,22?,23?,24?,25+,26?,27-,28?,29?,30?,31-,32-,33-,34+,35-,36?,37?,38?,39?,40+,41-,42-,43-,44?,45?,46?,47-,48+,49+,50-,51+,52+,53+,55+/m1/s1. The van der Waals surface area contributed by atoms with E-state index in [0.29, 0.717) is 0 Å². The molecular weight excluding hydrogens is 1300 g/mol. The Morgan fingerprint density at radius 1 is 0.432 bits per heavy atom. The number of carboxylic acids is 1. The van der Waals surface area contributed by atoms with Crippen molar-refractivity contribution in [3.8, 4) is 0 Å². The molecule has 0 aromatic rings. The number of hydrogen-bond donors (Lipinski definition) is 24. The highest BCUT2D eigenvalue weighted by atomic mass is 16.8. The highest BCUT2D eigenvalue weighted by Gasteiger charge is 2.61. The van der Waals surface area contributed by atoms with Gasteiger partial charge < -0.3 is 194 Å². The van der Waals surface area contributed by atoms with E-state index in [-0.39, 0.29) is 0 Å². The number of aliphatic hydroxyl groups excluding tert-OH is 22. The van der Waals surface area contributed by atoms with Gasteiger partial charge in [0.1, 0.15) is 153 Å². The quantitative estimate of drug-likeness (QED) is 0.0404. The topological polar surface area (TPSA) is 647 Å². The third-order valence-electron chi connectivity index (χ3n) is 19.1. The Hall–Kier alpha value is -2.05. The van der Waals surface area contributed by atoms with Gasteiger partial charge in [-0.05, 0) is 6.92 Å². The average Bonchev–Trinajstić information content (AvgIpc) is 0.769. The van der Waals surface area contributed by atoms with Crippen LogP contribution in [0.5, 0.6) is 0 Å². The molecule has 8 heterocycles. The van der Waals surface area contributed by atoms with E-state index in [1.807, 2.05) is 0 Å². The number of nitrogens with two attached hydrogens (primary N) is 1. The number of rotatable bonds is 25. The molecule has 0 amide bonds. The van der Waals surface area contributed by atoms with E-state index in [2.05, 4.69) is 0 Å². The van der Waals surface area contributed by atoms with Crippen LogP contribution >= 0.6 is 0 Å². The minimum absolute atomic E-state index is 0.499. The van der Waals surface area contributed by atoms with Crippen LogP contribution in [-0.2, 0) is 75.8 Å². The molecule has 8 aliphatic heterocycles. The summed E-state index contributed by atoms with van der Waals surface area (Å²) in [5.41, 5.74) is 5.97. The summed E-state index contributed by atoms with van der Waals surface area (Å²) in [4.78, 5) is 12.9. The fourth-order valence-electron chi connectivity index (χ4n) is 12.8. The number of hydrogen-bond acceptors (Lipinski definition) is 39. The molecule has 40 heteroatoms. The maximum absolute atomic E-state index is 12.9. The van der Waals surface area contributed by atoms with Crippen LogP contribution in [0.4, 0.5) is 0 Å². The maximum atomic E-state index is 12.9. The molecule has 554 valence electrons. The molecule has 0 spiro atoms. The maximum Gasteiger partial charge on any atom is 0.364 e. The Kier molecular flexibility index (Phi) is 27.6. The van der Waals surface area contributed by atoms with Gasteiger partial charge in [-0.2, -0.15) is 0 Å². The van der Waals surface area contributed by atoms with Crippen molar-refractivity contribution in [2.24, 2.45) is 23.5 Å². The zero-order valence-electron chi connectivity index (χ0n) is 51.9. The summed E-state index contributed by atoms with van der Waals surface area (Å²) in [7, 11) is 0. The second-order valence-corrected chi connectivity index (χ2v) is 25.3. The third-order valence-corrected chi connectivity index (χ3v) is 19.1. The number of ether oxygens (including phenoxy) is 15. The lowest BCUT2D eigenvalue weighted by Gasteiger charge is -2.51. The normalized spacial score (nSPS) is 51.6. The Morgan fingerprint density at radius 3 is 1.32 bits per heavy atom. The predicted octanol–water partition coefficient (Wildman–Crippen LogP) is -14.4. The molecule has 25 N–H and O–H groups in total. The molecule has 16 unspecified atom stereocenters. The van der Waals surface area contributed by atoms with Gasteiger partial charge in [0.2, 0.25) is 0 Å². The predicted molar refractivity (Wildman–Crippen MR) is 297 cm³/mol. The first-order valence-corrected chi connectivity index (χ1v) is 31.2. The van der Waals surface area contributed by atoms with Gasteiger partial charge in [-0.3, -0.25) is 0 Å². The molecule has 0 aromatic carbocycles. The summed E-state index contributed by atoms with van der Waals surface area (Å²) in [6, 6.07) is -1.61. The van der Waals surface area contributed by atoms with Crippen LogP contribution in [-0.4, -0.2) is 409 Å². The van der Waals surface area contributed by atoms with Crippen molar-refractivity contribution >= 4 is 5.97 Å². The van der Waals surface area contributed by atoms with Crippen LogP contribution in [0.15, 0.2) is 0 Å². The Morgan fingerprint density at radius 2 is 0.821 bits per heavy atom. The summed E-state index contributed by atoms with van der Waals surface area (Å²) >= 11 is 0. The van der Waals surface area contributed by atoms with E-state index in [9.17, 15) is 122 Å². The summed E-state index contributed by atoms with van der Waals surface area (Å²) < 4.78 is 88.4. The molecule has 8 fully saturated rings. The van der Waals surface area contributed by atoms with Crippen molar-refractivity contribution in [1.82, 2.24) is 0 Å². The van der Waals surface area contributed by atoms with Crippen LogP contribution in [0, 0.1) is 17.8 Å². The molecule has 0 radical (unpaired) electrons. The van der Waals surface area contributed by atoms with Gasteiger partial charge in [0, 0.05) is 24.2 Å². The SMILES string of the molecule is CC1C(O)[C@H](O[C@@H]2OC(CO)[C@H](O)C(O[C@]3(C(=O)O)C[C@@H](O)[C@@H](N)C([C@H](O)[C@H](O)CO)O3)[C@@H]2O)[C@H](CO)O[C@H]1O[C@@H]1C(O)[C@H](O)C(CO)O[C@@H]1OCC1O[C@@H](O[C@@H]2C(CO)O[C@@H](O[C@@H]3C(CO)O[C@@H](C)[C@@H](C)C3O)[C@@H](C)C2O)C(O)C(O[C@H]2O[C@H](CO)[C@@H](O)C(O)C2O)[C@@H]1O. The zero-order valence-corrected chi connectivity index (χ0v) is 51.9. The number of aliphatic hydroxyl groups is 22. The molecule has 8 saturated heterocycles. The smallest absolute Gasteiger partial charge is 0.364 e. The van der Waals surface area contributed by atoms with Crippen molar-refractivity contribution in [3.05, 3.63) is 0 Å². The highest BCUT2D eigenvalue weighted by Crippen LogP contribution is 2.42. The minimum Gasteiger partial charge on any atom is -0.477 e. The van der Waals surface area contributed by atoms with E-state index >= 15 is 0 Å². The fraction of sp³-hybridized carbons (Fsp3) is 0.982. The summed E-state index contributed by atoms with van der Waals surface area (Å²) in [5, 5.41) is 250. The van der Waals surface area contributed by atoms with Crippen LogP contribution in [0.2, 0.25) is 0 Å². The van der Waals surface area contributed by atoms with Crippen LogP contribution < -0.4 is 5.73 Å². The molecular formula is C55H95NO39. The first kappa shape index (κ1) is 78.7. The summed E-state index contributed by atoms with van der Waals surface area (Å²) in [6.45, 7) is -1.55. The second kappa shape index (κ2) is 33.4. The van der Waals surface area contributed by atoms with Gasteiger partial charge in [0.05, 0.1) is 89.4 Å². The average molecular weight is 1390 g/mol. The molecule has 8 rings (SSSR count). The number of aliphatic carboxylic acids is 1. The highest BCUT2D eigenvalue weighted by molar-refractivity contribution is 5.76. The largest absolute Gasteiger partial charge is 0.477 e. The molecule has 0 aliphatic carbocycles. The first-order valence-electron chi connectivity index (χ1n) is 31.2. The fourth-order valence-corrected chi connectivity index (χ4v) is 12.8. The molecule has 0 aromatic heterocycles. The lowest BCUT2D eigenvalue weighted by atomic mass is 9.88. The van der Waals surface area contributed by atoms with Crippen LogP contribution in [0.3, 0.4) is 0 Å². The van der Waals surface area contributed by atoms with E-state index in [0.717, 1.165) is 0 Å². The number of carbonyl (C=O) groups is 1. The van der Waals surface area contributed by atoms with Crippen molar-refractivity contribution in [2.45, 2.75) is 267 Å². The van der Waals surface area contributed by atoms with Crippen LogP contribution in [0.1, 0.15) is 34.1 Å². The van der Waals surface area contributed by atoms with Gasteiger partial charge in [-0.25, -0.2) is 4.79 Å². The van der Waals surface area contributed by atoms with Gasteiger partial charge in [-0.15, -0.1) is 0 Å². The molecule has 40 nitrogen and oxygen atoms in total. The zero-order chi connectivity index (χ0) is 70.1. The Balaban J connectivity index is 1.00. The molecule has 8 aliphatic rings. The van der Waals surface area contributed by atoms with Gasteiger partial charge >= 0.3 is 5.97 Å². The van der Waals surface area contributed by atoms with E-state index in [4.69, 9.17) is 76.8 Å². The Bertz CT molecular complexity index is 2360. The van der Waals surface area contributed by atoms with Gasteiger partial charge in [0.25, 0.3) is 5.79 Å². The second-order valence-electron chi connectivity index (χ2n) is 25.3. The summed E-state index contributed by atoms with van der Waals surface area (Å²) in [6.07, 6.45) is -67.1. The van der Waals surface area contributed by atoms with E-state index in [1.54, 1.807) is 13.8 Å². The van der Waals surface area contributed by atoms with E-state index < -0.39 is 316 Å².